The van der Waals surface area contributed by atoms with Crippen molar-refractivity contribution in [2.24, 2.45) is 0 Å². The first kappa shape index (κ1) is 18.0. The lowest BCUT2D eigenvalue weighted by Crippen LogP contribution is -2.43. The number of hydrogen-bond donors (Lipinski definition) is 1. The minimum atomic E-state index is -0.312. The molecular formula is C21H24N2O3. The molecule has 0 aromatic heterocycles. The summed E-state index contributed by atoms with van der Waals surface area (Å²) >= 11 is 0. The third-order valence-corrected chi connectivity index (χ3v) is 4.67. The Morgan fingerprint density at radius 3 is 2.50 bits per heavy atom. The molecule has 1 N–H and O–H groups in total. The Bertz CT molecular complexity index is 801. The number of carbonyl (C=O) groups is 2. The summed E-state index contributed by atoms with van der Waals surface area (Å²) in [5, 5.41) is 3.54. The van der Waals surface area contributed by atoms with E-state index in [9.17, 15) is 9.59 Å². The van der Waals surface area contributed by atoms with Crippen molar-refractivity contribution in [3.63, 3.8) is 0 Å². The van der Waals surface area contributed by atoms with Crippen molar-refractivity contribution in [3.8, 4) is 0 Å². The normalized spacial score (nSPS) is 18.8. The molecule has 1 aliphatic rings. The molecule has 1 aliphatic heterocycles. The molecule has 0 saturated heterocycles. The fourth-order valence-electron chi connectivity index (χ4n) is 3.55. The molecule has 136 valence electrons. The van der Waals surface area contributed by atoms with E-state index in [2.05, 4.69) is 18.3 Å². The second-order valence-electron chi connectivity index (χ2n) is 6.53. The maximum absolute atomic E-state index is 12.1. The van der Waals surface area contributed by atoms with Crippen molar-refractivity contribution in [1.29, 1.82) is 0 Å². The van der Waals surface area contributed by atoms with Gasteiger partial charge in [-0.2, -0.15) is 0 Å². The van der Waals surface area contributed by atoms with Gasteiger partial charge in [-0.15, -0.1) is 0 Å². The lowest BCUT2D eigenvalue weighted by atomic mass is 9.91. The standard InChI is InChI=1S/C21H24N2O3/c1-4-26-21(25)16-9-11-17(12-10-16)22-19-13-14(2)23(15(3)24)20-8-6-5-7-18(19)20/h5-12,14,19,22H,4,13H2,1-3H3. The summed E-state index contributed by atoms with van der Waals surface area (Å²) in [5.41, 5.74) is 3.54. The fourth-order valence-corrected chi connectivity index (χ4v) is 3.55. The quantitative estimate of drug-likeness (QED) is 0.840. The van der Waals surface area contributed by atoms with Gasteiger partial charge < -0.3 is 15.0 Å². The van der Waals surface area contributed by atoms with E-state index in [0.29, 0.717) is 12.2 Å². The summed E-state index contributed by atoms with van der Waals surface area (Å²) in [6.45, 7) is 5.83. The average Bonchev–Trinajstić information content (AvgIpc) is 2.62. The number of hydrogen-bond acceptors (Lipinski definition) is 4. The van der Waals surface area contributed by atoms with E-state index in [1.54, 1.807) is 26.0 Å². The molecule has 2 atom stereocenters. The van der Waals surface area contributed by atoms with Crippen LogP contribution in [-0.2, 0) is 9.53 Å². The zero-order valence-electron chi connectivity index (χ0n) is 15.4. The maximum atomic E-state index is 12.1. The molecule has 0 spiro atoms. The molecule has 5 heteroatoms. The maximum Gasteiger partial charge on any atom is 0.338 e. The molecule has 0 bridgehead atoms. The van der Waals surface area contributed by atoms with E-state index in [1.165, 1.54) is 0 Å². The number of nitrogens with one attached hydrogen (secondary N) is 1. The average molecular weight is 352 g/mol. The van der Waals surface area contributed by atoms with Crippen LogP contribution in [0.15, 0.2) is 48.5 Å². The van der Waals surface area contributed by atoms with Crippen LogP contribution in [0.4, 0.5) is 11.4 Å². The predicted octanol–water partition coefficient (Wildman–Crippen LogP) is 4.16. The van der Waals surface area contributed by atoms with Crippen LogP contribution in [0.3, 0.4) is 0 Å². The number of fused-ring (bicyclic) bond motifs is 1. The van der Waals surface area contributed by atoms with Gasteiger partial charge in [-0.1, -0.05) is 18.2 Å². The third kappa shape index (κ3) is 3.57. The van der Waals surface area contributed by atoms with Gasteiger partial charge in [-0.3, -0.25) is 4.79 Å². The Morgan fingerprint density at radius 2 is 1.85 bits per heavy atom. The molecule has 0 aliphatic carbocycles. The molecule has 3 rings (SSSR count). The smallest absolute Gasteiger partial charge is 0.338 e. The Labute approximate surface area is 154 Å². The highest BCUT2D eigenvalue weighted by Gasteiger charge is 2.31. The fraction of sp³-hybridized carbons (Fsp3) is 0.333. The Morgan fingerprint density at radius 1 is 1.15 bits per heavy atom. The Kier molecular flexibility index (Phi) is 5.26. The van der Waals surface area contributed by atoms with Gasteiger partial charge in [0.1, 0.15) is 0 Å². The number of esters is 1. The summed E-state index contributed by atoms with van der Waals surface area (Å²) in [4.78, 5) is 25.7. The molecule has 0 saturated carbocycles. The molecule has 2 unspecified atom stereocenters. The Balaban J connectivity index is 1.83. The highest BCUT2D eigenvalue weighted by atomic mass is 16.5. The minimum Gasteiger partial charge on any atom is -0.462 e. The van der Waals surface area contributed by atoms with Crippen LogP contribution in [0.2, 0.25) is 0 Å². The number of carbonyl (C=O) groups excluding carboxylic acids is 2. The van der Waals surface area contributed by atoms with Crippen LogP contribution in [0.1, 0.15) is 49.2 Å². The highest BCUT2D eigenvalue weighted by Crippen LogP contribution is 2.38. The highest BCUT2D eigenvalue weighted by molar-refractivity contribution is 5.94. The van der Waals surface area contributed by atoms with Gasteiger partial charge in [-0.25, -0.2) is 4.79 Å². The van der Waals surface area contributed by atoms with E-state index in [4.69, 9.17) is 4.74 Å². The lowest BCUT2D eigenvalue weighted by molar-refractivity contribution is -0.117. The van der Waals surface area contributed by atoms with Gasteiger partial charge in [0, 0.05) is 24.3 Å². The van der Waals surface area contributed by atoms with Crippen molar-refractivity contribution in [3.05, 3.63) is 59.7 Å². The summed E-state index contributed by atoms with van der Waals surface area (Å²) in [6.07, 6.45) is 0.816. The first-order valence-corrected chi connectivity index (χ1v) is 8.93. The number of amides is 1. The van der Waals surface area contributed by atoms with Crippen molar-refractivity contribution in [2.75, 3.05) is 16.8 Å². The zero-order chi connectivity index (χ0) is 18.7. The van der Waals surface area contributed by atoms with Gasteiger partial charge >= 0.3 is 5.97 Å². The van der Waals surface area contributed by atoms with Crippen LogP contribution in [0, 0.1) is 0 Å². The van der Waals surface area contributed by atoms with E-state index in [-0.39, 0.29) is 24.0 Å². The van der Waals surface area contributed by atoms with Crippen molar-refractivity contribution in [1.82, 2.24) is 0 Å². The van der Waals surface area contributed by atoms with Gasteiger partial charge in [0.2, 0.25) is 5.91 Å². The number of nitrogens with zero attached hydrogens (tertiary/aromatic N) is 1. The third-order valence-electron chi connectivity index (χ3n) is 4.67. The molecule has 1 amide bonds. The molecule has 5 nitrogen and oxygen atoms in total. The van der Waals surface area contributed by atoms with E-state index in [1.807, 2.05) is 35.2 Å². The van der Waals surface area contributed by atoms with Gasteiger partial charge in [-0.05, 0) is 56.2 Å². The van der Waals surface area contributed by atoms with Gasteiger partial charge in [0.25, 0.3) is 0 Å². The number of para-hydroxylation sites is 1. The molecular weight excluding hydrogens is 328 g/mol. The topological polar surface area (TPSA) is 58.6 Å². The SMILES string of the molecule is CCOC(=O)c1ccc(NC2CC(C)N(C(C)=O)c3ccccc32)cc1. The molecule has 1 heterocycles. The van der Waals surface area contributed by atoms with E-state index in [0.717, 1.165) is 23.4 Å². The largest absolute Gasteiger partial charge is 0.462 e. The Hall–Kier alpha value is -2.82. The predicted molar refractivity (Wildman–Crippen MR) is 102 cm³/mol. The second-order valence-corrected chi connectivity index (χ2v) is 6.53. The van der Waals surface area contributed by atoms with Crippen molar-refractivity contribution >= 4 is 23.3 Å². The monoisotopic (exact) mass is 352 g/mol. The van der Waals surface area contributed by atoms with Gasteiger partial charge in [0.05, 0.1) is 18.2 Å². The summed E-state index contributed by atoms with van der Waals surface area (Å²) < 4.78 is 5.02. The zero-order valence-corrected chi connectivity index (χ0v) is 15.4. The number of ether oxygens (including phenoxy) is 1. The lowest BCUT2D eigenvalue weighted by Gasteiger charge is -2.39. The molecule has 26 heavy (non-hydrogen) atoms. The molecule has 0 radical (unpaired) electrons. The van der Waals surface area contributed by atoms with Crippen LogP contribution in [0.5, 0.6) is 0 Å². The molecule has 2 aromatic rings. The summed E-state index contributed by atoms with van der Waals surface area (Å²) in [6, 6.07) is 15.5. The second kappa shape index (κ2) is 7.60. The molecule has 0 fully saturated rings. The van der Waals surface area contributed by atoms with E-state index >= 15 is 0 Å². The van der Waals surface area contributed by atoms with Crippen LogP contribution < -0.4 is 10.2 Å². The van der Waals surface area contributed by atoms with Crippen LogP contribution >= 0.6 is 0 Å². The number of benzene rings is 2. The van der Waals surface area contributed by atoms with Crippen molar-refractivity contribution in [2.45, 2.75) is 39.3 Å². The summed E-state index contributed by atoms with van der Waals surface area (Å²) in [5.74, 6) is -0.255. The summed E-state index contributed by atoms with van der Waals surface area (Å²) in [7, 11) is 0. The van der Waals surface area contributed by atoms with Gasteiger partial charge in [0.15, 0.2) is 0 Å². The van der Waals surface area contributed by atoms with Crippen LogP contribution in [0.25, 0.3) is 0 Å². The first-order valence-electron chi connectivity index (χ1n) is 8.93. The molecule has 2 aromatic carbocycles. The number of anilines is 2. The minimum absolute atomic E-state index is 0.0576. The van der Waals surface area contributed by atoms with E-state index < -0.39 is 0 Å². The number of rotatable bonds is 4. The van der Waals surface area contributed by atoms with Crippen LogP contribution in [-0.4, -0.2) is 24.5 Å². The first-order chi connectivity index (χ1) is 12.5. The van der Waals surface area contributed by atoms with Crippen molar-refractivity contribution < 1.29 is 14.3 Å².